The molecule has 0 heterocycles. The van der Waals surface area contributed by atoms with Gasteiger partial charge in [0.15, 0.2) is 11.5 Å². The van der Waals surface area contributed by atoms with E-state index in [1.807, 2.05) is 49.4 Å². The van der Waals surface area contributed by atoms with Crippen LogP contribution in [0.1, 0.15) is 23.6 Å². The van der Waals surface area contributed by atoms with Crippen LogP contribution in [0.2, 0.25) is 10.0 Å². The summed E-state index contributed by atoms with van der Waals surface area (Å²) < 4.78 is 24.8. The number of hydrogen-bond acceptors (Lipinski definition) is 3. The first-order valence-electron chi connectivity index (χ1n) is 9.33. The zero-order valence-electron chi connectivity index (χ0n) is 16.1. The molecule has 3 aromatic carbocycles. The van der Waals surface area contributed by atoms with Crippen molar-refractivity contribution in [3.05, 3.63) is 93.2 Å². The summed E-state index contributed by atoms with van der Waals surface area (Å²) in [6.07, 6.45) is 0. The predicted octanol–water partition coefficient (Wildman–Crippen LogP) is 6.40. The lowest BCUT2D eigenvalue weighted by molar-refractivity contribution is 0.269. The van der Waals surface area contributed by atoms with Crippen molar-refractivity contribution in [2.24, 2.45) is 0 Å². The summed E-state index contributed by atoms with van der Waals surface area (Å²) in [4.78, 5) is 0. The molecule has 0 fully saturated rings. The third-order valence-electron chi connectivity index (χ3n) is 4.31. The van der Waals surface area contributed by atoms with E-state index in [4.69, 9.17) is 32.7 Å². The van der Waals surface area contributed by atoms with E-state index >= 15 is 0 Å². The van der Waals surface area contributed by atoms with Crippen LogP contribution in [-0.4, -0.2) is 6.61 Å². The van der Waals surface area contributed by atoms with E-state index in [0.717, 1.165) is 16.1 Å². The first-order valence-corrected chi connectivity index (χ1v) is 10.1. The number of benzene rings is 3. The molecule has 0 aliphatic carbocycles. The van der Waals surface area contributed by atoms with Crippen LogP contribution in [0, 0.1) is 5.82 Å². The molecule has 0 aliphatic rings. The van der Waals surface area contributed by atoms with Gasteiger partial charge in [0.25, 0.3) is 0 Å². The van der Waals surface area contributed by atoms with E-state index in [1.165, 1.54) is 12.1 Å². The molecule has 0 amide bonds. The summed E-state index contributed by atoms with van der Waals surface area (Å²) >= 11 is 12.3. The van der Waals surface area contributed by atoms with Gasteiger partial charge in [0.1, 0.15) is 12.4 Å². The molecule has 3 nitrogen and oxygen atoms in total. The smallest absolute Gasteiger partial charge is 0.161 e. The summed E-state index contributed by atoms with van der Waals surface area (Å²) in [7, 11) is 0. The Morgan fingerprint density at radius 1 is 0.828 bits per heavy atom. The molecule has 6 heteroatoms. The average molecular weight is 434 g/mol. The zero-order chi connectivity index (χ0) is 20.6. The van der Waals surface area contributed by atoms with E-state index in [2.05, 4.69) is 5.32 Å². The Morgan fingerprint density at radius 3 is 2.41 bits per heavy atom. The molecule has 0 unspecified atom stereocenters. The van der Waals surface area contributed by atoms with Gasteiger partial charge in [-0.05, 0) is 48.4 Å². The van der Waals surface area contributed by atoms with Gasteiger partial charge in [-0.2, -0.15) is 0 Å². The first kappa shape index (κ1) is 21.4. The van der Waals surface area contributed by atoms with Crippen molar-refractivity contribution in [1.29, 1.82) is 0 Å². The van der Waals surface area contributed by atoms with Gasteiger partial charge in [0, 0.05) is 23.7 Å². The summed E-state index contributed by atoms with van der Waals surface area (Å²) in [5.74, 6) is 0.896. The van der Waals surface area contributed by atoms with Crippen molar-refractivity contribution >= 4 is 23.2 Å². The first-order chi connectivity index (χ1) is 14.1. The van der Waals surface area contributed by atoms with E-state index in [9.17, 15) is 4.39 Å². The third kappa shape index (κ3) is 6.10. The van der Waals surface area contributed by atoms with Gasteiger partial charge in [0.2, 0.25) is 0 Å². The molecule has 0 atom stereocenters. The standard InChI is InChI=1S/C23H22Cl2FNO2/c1-2-28-23-11-16(13-27-14-17-5-3-4-6-20(17)24)7-10-22(23)29-15-18-8-9-19(26)12-21(18)25/h3-12,27H,2,13-15H2,1H3. The van der Waals surface area contributed by atoms with E-state index in [0.29, 0.717) is 41.8 Å². The van der Waals surface area contributed by atoms with Crippen LogP contribution >= 0.6 is 23.2 Å². The van der Waals surface area contributed by atoms with Gasteiger partial charge in [-0.3, -0.25) is 0 Å². The van der Waals surface area contributed by atoms with Crippen LogP contribution in [0.3, 0.4) is 0 Å². The van der Waals surface area contributed by atoms with Crippen LogP contribution in [0.4, 0.5) is 4.39 Å². The summed E-state index contributed by atoms with van der Waals surface area (Å²) in [6, 6.07) is 17.8. The van der Waals surface area contributed by atoms with Crippen LogP contribution in [0.25, 0.3) is 0 Å². The molecule has 3 rings (SSSR count). The lowest BCUT2D eigenvalue weighted by atomic mass is 10.1. The molecular weight excluding hydrogens is 412 g/mol. The van der Waals surface area contributed by atoms with E-state index in [1.54, 1.807) is 6.07 Å². The second-order valence-corrected chi connectivity index (χ2v) is 7.25. The van der Waals surface area contributed by atoms with Crippen LogP contribution in [0.15, 0.2) is 60.7 Å². The monoisotopic (exact) mass is 433 g/mol. The topological polar surface area (TPSA) is 30.5 Å². The lowest BCUT2D eigenvalue weighted by Gasteiger charge is -2.14. The fourth-order valence-electron chi connectivity index (χ4n) is 2.83. The SMILES string of the molecule is CCOc1cc(CNCc2ccccc2Cl)ccc1OCc1ccc(F)cc1Cl. The highest BCUT2D eigenvalue weighted by atomic mass is 35.5. The summed E-state index contributed by atoms with van der Waals surface area (Å²) in [6.45, 7) is 4.00. The molecular formula is C23H22Cl2FNO2. The Balaban J connectivity index is 1.64. The fraction of sp³-hybridized carbons (Fsp3) is 0.217. The summed E-state index contributed by atoms with van der Waals surface area (Å²) in [5.41, 5.74) is 2.82. The minimum Gasteiger partial charge on any atom is -0.490 e. The Labute approximate surface area is 180 Å². The van der Waals surface area contributed by atoms with Crippen molar-refractivity contribution in [3.8, 4) is 11.5 Å². The van der Waals surface area contributed by atoms with Crippen molar-refractivity contribution in [3.63, 3.8) is 0 Å². The second-order valence-electron chi connectivity index (χ2n) is 6.43. The molecule has 29 heavy (non-hydrogen) atoms. The van der Waals surface area contributed by atoms with Gasteiger partial charge in [0.05, 0.1) is 11.6 Å². The van der Waals surface area contributed by atoms with Crippen molar-refractivity contribution in [2.75, 3.05) is 6.61 Å². The van der Waals surface area contributed by atoms with Gasteiger partial charge in [-0.25, -0.2) is 4.39 Å². The molecule has 0 aromatic heterocycles. The average Bonchev–Trinajstić information content (AvgIpc) is 2.70. The van der Waals surface area contributed by atoms with Crippen LogP contribution in [-0.2, 0) is 19.7 Å². The fourth-order valence-corrected chi connectivity index (χ4v) is 3.25. The van der Waals surface area contributed by atoms with Crippen LogP contribution < -0.4 is 14.8 Å². The number of ether oxygens (including phenoxy) is 2. The Kier molecular flexibility index (Phi) is 7.76. The van der Waals surface area contributed by atoms with E-state index in [-0.39, 0.29) is 12.4 Å². The highest BCUT2D eigenvalue weighted by Gasteiger charge is 2.09. The van der Waals surface area contributed by atoms with Crippen molar-refractivity contribution in [1.82, 2.24) is 5.32 Å². The predicted molar refractivity (Wildman–Crippen MR) is 115 cm³/mol. The minimum absolute atomic E-state index is 0.225. The van der Waals surface area contributed by atoms with Crippen LogP contribution in [0.5, 0.6) is 11.5 Å². The number of hydrogen-bond donors (Lipinski definition) is 1. The lowest BCUT2D eigenvalue weighted by Crippen LogP contribution is -2.13. The maximum Gasteiger partial charge on any atom is 0.161 e. The van der Waals surface area contributed by atoms with Crippen molar-refractivity contribution < 1.29 is 13.9 Å². The highest BCUT2D eigenvalue weighted by molar-refractivity contribution is 6.31. The third-order valence-corrected chi connectivity index (χ3v) is 5.03. The Morgan fingerprint density at radius 2 is 1.66 bits per heavy atom. The second kappa shape index (κ2) is 10.5. The summed E-state index contributed by atoms with van der Waals surface area (Å²) in [5, 5.41) is 4.47. The maximum atomic E-state index is 13.2. The molecule has 0 saturated heterocycles. The number of nitrogens with one attached hydrogen (secondary N) is 1. The molecule has 0 bridgehead atoms. The van der Waals surface area contributed by atoms with Gasteiger partial charge < -0.3 is 14.8 Å². The minimum atomic E-state index is -0.373. The quantitative estimate of drug-likeness (QED) is 0.423. The Bertz CT molecular complexity index is 965. The molecule has 1 N–H and O–H groups in total. The van der Waals surface area contributed by atoms with E-state index < -0.39 is 0 Å². The van der Waals surface area contributed by atoms with Gasteiger partial charge >= 0.3 is 0 Å². The molecule has 0 radical (unpaired) electrons. The van der Waals surface area contributed by atoms with Crippen molar-refractivity contribution in [2.45, 2.75) is 26.6 Å². The Hall–Kier alpha value is -2.27. The van der Waals surface area contributed by atoms with Gasteiger partial charge in [-0.15, -0.1) is 0 Å². The normalized spacial score (nSPS) is 10.8. The van der Waals surface area contributed by atoms with Gasteiger partial charge in [-0.1, -0.05) is 53.5 Å². The largest absolute Gasteiger partial charge is 0.490 e. The molecule has 0 aliphatic heterocycles. The molecule has 152 valence electrons. The highest BCUT2D eigenvalue weighted by Crippen LogP contribution is 2.30. The maximum absolute atomic E-state index is 13.2. The number of halogens is 3. The number of rotatable bonds is 9. The zero-order valence-corrected chi connectivity index (χ0v) is 17.6. The molecule has 0 saturated carbocycles. The molecule has 3 aromatic rings. The molecule has 0 spiro atoms.